The van der Waals surface area contributed by atoms with E-state index >= 15 is 0 Å². The third-order valence-corrected chi connectivity index (χ3v) is 4.86. The van der Waals surface area contributed by atoms with Crippen molar-refractivity contribution >= 4 is 6.03 Å². The number of carbonyl (C=O) groups is 1. The first-order valence-corrected chi connectivity index (χ1v) is 9.48. The number of rotatable bonds is 4. The Labute approximate surface area is 154 Å². The second kappa shape index (κ2) is 9.22. The fourth-order valence-electron chi connectivity index (χ4n) is 3.29. The predicted molar refractivity (Wildman–Crippen MR) is 103 cm³/mol. The summed E-state index contributed by atoms with van der Waals surface area (Å²) in [6, 6.07) is 13.2. The van der Waals surface area contributed by atoms with Gasteiger partial charge in [-0.05, 0) is 30.0 Å². The maximum atomic E-state index is 12.4. The normalized spacial score (nSPS) is 15.2. The zero-order valence-corrected chi connectivity index (χ0v) is 15.2. The lowest BCUT2D eigenvalue weighted by Gasteiger charge is -2.25. The Bertz CT molecular complexity index is 759. The monoisotopic (exact) mass is 353 g/mol. The van der Waals surface area contributed by atoms with Gasteiger partial charge in [0, 0.05) is 31.9 Å². The van der Waals surface area contributed by atoms with E-state index < -0.39 is 0 Å². The third kappa shape index (κ3) is 5.22. The van der Waals surface area contributed by atoms with E-state index in [2.05, 4.69) is 5.32 Å². The molecule has 2 heterocycles. The molecule has 1 saturated heterocycles. The van der Waals surface area contributed by atoms with Crippen LogP contribution < -0.4 is 10.9 Å². The topological polar surface area (TPSA) is 54.3 Å². The number of aromatic nitrogens is 1. The fraction of sp³-hybridized carbons (Fsp3) is 0.429. The molecule has 1 aliphatic rings. The summed E-state index contributed by atoms with van der Waals surface area (Å²) in [7, 11) is 0. The van der Waals surface area contributed by atoms with Gasteiger partial charge in [0.15, 0.2) is 0 Å². The number of nitrogens with zero attached hydrogens (tertiary/aromatic N) is 2. The van der Waals surface area contributed by atoms with E-state index in [-0.39, 0.29) is 11.6 Å². The number of hydrogen-bond acceptors (Lipinski definition) is 2. The van der Waals surface area contributed by atoms with Crippen molar-refractivity contribution in [2.24, 2.45) is 0 Å². The number of urea groups is 1. The van der Waals surface area contributed by atoms with Crippen molar-refractivity contribution in [3.8, 4) is 0 Å². The molecule has 2 aromatic rings. The zero-order chi connectivity index (χ0) is 18.2. The Balaban J connectivity index is 1.51. The number of hydrogen-bond donors (Lipinski definition) is 1. The van der Waals surface area contributed by atoms with E-state index in [0.29, 0.717) is 13.1 Å². The molecule has 3 rings (SSSR count). The highest BCUT2D eigenvalue weighted by Gasteiger charge is 2.14. The molecular formula is C21H27N3O2. The van der Waals surface area contributed by atoms with E-state index in [0.717, 1.165) is 37.1 Å². The van der Waals surface area contributed by atoms with Crippen LogP contribution in [0.1, 0.15) is 43.2 Å². The van der Waals surface area contributed by atoms with Crippen LogP contribution in [0.3, 0.4) is 0 Å². The van der Waals surface area contributed by atoms with Gasteiger partial charge in [0.25, 0.3) is 5.56 Å². The number of pyridine rings is 1. The Morgan fingerprint density at radius 1 is 0.885 bits per heavy atom. The smallest absolute Gasteiger partial charge is 0.317 e. The van der Waals surface area contributed by atoms with Gasteiger partial charge in [0.05, 0.1) is 6.54 Å². The summed E-state index contributed by atoms with van der Waals surface area (Å²) in [6.07, 6.45) is 7.71. The highest BCUT2D eigenvalue weighted by Crippen LogP contribution is 2.11. The molecule has 0 unspecified atom stereocenters. The highest BCUT2D eigenvalue weighted by atomic mass is 16.2. The molecule has 138 valence electrons. The van der Waals surface area contributed by atoms with E-state index in [9.17, 15) is 9.59 Å². The molecule has 2 amide bonds. The Hall–Kier alpha value is -2.56. The van der Waals surface area contributed by atoms with Crippen molar-refractivity contribution in [1.82, 2.24) is 14.8 Å². The molecule has 0 bridgehead atoms. The van der Waals surface area contributed by atoms with E-state index in [1.165, 1.54) is 19.3 Å². The van der Waals surface area contributed by atoms with Crippen molar-refractivity contribution < 1.29 is 4.79 Å². The SMILES string of the molecule is O=C(NCc1ccc(Cn2ccccc2=O)cc1)N1CCCCCCC1. The van der Waals surface area contributed by atoms with Gasteiger partial charge in [-0.2, -0.15) is 0 Å². The molecule has 26 heavy (non-hydrogen) atoms. The van der Waals surface area contributed by atoms with Crippen molar-refractivity contribution in [3.05, 3.63) is 70.1 Å². The molecular weight excluding hydrogens is 326 g/mol. The second-order valence-corrected chi connectivity index (χ2v) is 6.90. The average Bonchev–Trinajstić information content (AvgIpc) is 2.62. The molecule has 1 aromatic carbocycles. The lowest BCUT2D eigenvalue weighted by Crippen LogP contribution is -2.41. The second-order valence-electron chi connectivity index (χ2n) is 6.90. The van der Waals surface area contributed by atoms with Crippen LogP contribution in [0.4, 0.5) is 4.79 Å². The Morgan fingerprint density at radius 2 is 1.54 bits per heavy atom. The maximum absolute atomic E-state index is 12.4. The molecule has 0 aliphatic carbocycles. The molecule has 1 fully saturated rings. The number of nitrogens with one attached hydrogen (secondary N) is 1. The van der Waals surface area contributed by atoms with Crippen molar-refractivity contribution in [3.63, 3.8) is 0 Å². The van der Waals surface area contributed by atoms with Crippen LogP contribution >= 0.6 is 0 Å². The quantitative estimate of drug-likeness (QED) is 0.916. The van der Waals surface area contributed by atoms with Gasteiger partial charge in [-0.25, -0.2) is 4.79 Å². The van der Waals surface area contributed by atoms with E-state index in [4.69, 9.17) is 0 Å². The lowest BCUT2D eigenvalue weighted by atomic mass is 10.1. The van der Waals surface area contributed by atoms with E-state index in [1.54, 1.807) is 22.9 Å². The molecule has 0 atom stereocenters. The average molecular weight is 353 g/mol. The minimum atomic E-state index is -0.00269. The van der Waals surface area contributed by atoms with Gasteiger partial charge in [0.1, 0.15) is 0 Å². The number of benzene rings is 1. The summed E-state index contributed by atoms with van der Waals surface area (Å²) < 4.78 is 1.68. The maximum Gasteiger partial charge on any atom is 0.317 e. The summed E-state index contributed by atoms with van der Waals surface area (Å²) in [5, 5.41) is 3.03. The Kier molecular flexibility index (Phi) is 6.47. The van der Waals surface area contributed by atoms with Gasteiger partial charge in [-0.3, -0.25) is 4.79 Å². The fourth-order valence-corrected chi connectivity index (χ4v) is 3.29. The molecule has 1 aromatic heterocycles. The van der Waals surface area contributed by atoms with Crippen LogP contribution in [0, 0.1) is 0 Å². The third-order valence-electron chi connectivity index (χ3n) is 4.86. The van der Waals surface area contributed by atoms with Gasteiger partial charge in [0.2, 0.25) is 0 Å². The molecule has 5 nitrogen and oxygen atoms in total. The van der Waals surface area contributed by atoms with Crippen LogP contribution in [0.25, 0.3) is 0 Å². The van der Waals surface area contributed by atoms with Crippen molar-refractivity contribution in [1.29, 1.82) is 0 Å². The largest absolute Gasteiger partial charge is 0.334 e. The minimum Gasteiger partial charge on any atom is -0.334 e. The molecule has 0 spiro atoms. The summed E-state index contributed by atoms with van der Waals surface area (Å²) in [5.41, 5.74) is 2.13. The van der Waals surface area contributed by atoms with Crippen molar-refractivity contribution in [2.45, 2.75) is 45.2 Å². The standard InChI is InChI=1S/C21H27N3O2/c25-20-8-4-7-15-24(20)17-19-11-9-18(10-12-19)16-22-21(26)23-13-5-2-1-3-6-14-23/h4,7-12,15H,1-3,5-6,13-14,16-17H2,(H,22,26). The highest BCUT2D eigenvalue weighted by molar-refractivity contribution is 5.74. The van der Waals surface area contributed by atoms with Crippen LogP contribution in [0.15, 0.2) is 53.5 Å². The summed E-state index contributed by atoms with van der Waals surface area (Å²) in [6.45, 7) is 2.80. The summed E-state index contributed by atoms with van der Waals surface area (Å²) in [4.78, 5) is 26.1. The summed E-state index contributed by atoms with van der Waals surface area (Å²) in [5.74, 6) is 0. The lowest BCUT2D eigenvalue weighted by molar-refractivity contribution is 0.192. The molecule has 5 heteroatoms. The summed E-state index contributed by atoms with van der Waals surface area (Å²) >= 11 is 0. The van der Waals surface area contributed by atoms with Crippen LogP contribution in [0.5, 0.6) is 0 Å². The Morgan fingerprint density at radius 3 is 2.23 bits per heavy atom. The minimum absolute atomic E-state index is 0.00269. The molecule has 1 aliphatic heterocycles. The van der Waals surface area contributed by atoms with E-state index in [1.807, 2.05) is 35.2 Å². The first-order valence-electron chi connectivity index (χ1n) is 9.48. The van der Waals surface area contributed by atoms with Crippen molar-refractivity contribution in [2.75, 3.05) is 13.1 Å². The van der Waals surface area contributed by atoms with Gasteiger partial charge in [-0.1, -0.05) is 49.6 Å². The van der Waals surface area contributed by atoms with Crippen LogP contribution in [-0.2, 0) is 13.1 Å². The molecule has 0 saturated carbocycles. The van der Waals surface area contributed by atoms with Crippen LogP contribution in [-0.4, -0.2) is 28.6 Å². The van der Waals surface area contributed by atoms with Gasteiger partial charge >= 0.3 is 6.03 Å². The van der Waals surface area contributed by atoms with Gasteiger partial charge < -0.3 is 14.8 Å². The zero-order valence-electron chi connectivity index (χ0n) is 15.2. The first kappa shape index (κ1) is 18.2. The van der Waals surface area contributed by atoms with Gasteiger partial charge in [-0.15, -0.1) is 0 Å². The number of amides is 2. The molecule has 1 N–H and O–H groups in total. The predicted octanol–water partition coefficient (Wildman–Crippen LogP) is 3.37. The number of likely N-dealkylation sites (tertiary alicyclic amines) is 1. The number of carbonyl (C=O) groups excluding carboxylic acids is 1. The first-order chi connectivity index (χ1) is 12.7. The van der Waals surface area contributed by atoms with Crippen LogP contribution in [0.2, 0.25) is 0 Å². The molecule has 0 radical (unpaired) electrons.